The maximum Gasteiger partial charge on any atom is 0.155 e. The molecule has 3 fully saturated rings. The van der Waals surface area contributed by atoms with Crippen LogP contribution in [0.3, 0.4) is 0 Å². The van der Waals surface area contributed by atoms with Crippen molar-refractivity contribution in [3.05, 3.63) is 23.8 Å². The van der Waals surface area contributed by atoms with E-state index < -0.39 is 6.10 Å². The molecule has 4 aliphatic rings. The standard InChI is InChI=1S/C20H28O2/c1-12-4-5-15-14-11-18(22)17-10-13(21)6-8-20(17,3)16(14)7-9-19(12,15)2/h10,14-16,18,22H,1,4-9,11H2,2-3H3/t14-,15-,16+,18?,19+,20+/m0/s1. The Morgan fingerprint density at radius 2 is 1.86 bits per heavy atom. The van der Waals surface area contributed by atoms with Crippen LogP contribution in [-0.2, 0) is 4.79 Å². The van der Waals surface area contributed by atoms with Crippen LogP contribution in [0.25, 0.3) is 0 Å². The molecule has 1 unspecified atom stereocenters. The molecule has 0 radical (unpaired) electrons. The molecule has 1 N–H and O–H groups in total. The van der Waals surface area contributed by atoms with Gasteiger partial charge in [0.25, 0.3) is 0 Å². The van der Waals surface area contributed by atoms with Gasteiger partial charge in [0.05, 0.1) is 6.10 Å². The van der Waals surface area contributed by atoms with E-state index in [4.69, 9.17) is 0 Å². The monoisotopic (exact) mass is 300 g/mol. The smallest absolute Gasteiger partial charge is 0.155 e. The van der Waals surface area contributed by atoms with Crippen LogP contribution in [-0.4, -0.2) is 17.0 Å². The third kappa shape index (κ3) is 1.73. The van der Waals surface area contributed by atoms with Gasteiger partial charge in [-0.25, -0.2) is 0 Å². The third-order valence-electron chi connectivity index (χ3n) is 7.93. The molecule has 0 aromatic rings. The van der Waals surface area contributed by atoms with Gasteiger partial charge in [0.2, 0.25) is 0 Å². The summed E-state index contributed by atoms with van der Waals surface area (Å²) >= 11 is 0. The Balaban J connectivity index is 1.74. The van der Waals surface area contributed by atoms with Crippen LogP contribution in [0, 0.1) is 28.6 Å². The fraction of sp³-hybridized carbons (Fsp3) is 0.750. The Labute approximate surface area is 133 Å². The number of aliphatic hydroxyl groups excluding tert-OH is 1. The summed E-state index contributed by atoms with van der Waals surface area (Å²) in [5.74, 6) is 2.13. The van der Waals surface area contributed by atoms with Crippen molar-refractivity contribution in [2.45, 2.75) is 64.9 Å². The molecule has 22 heavy (non-hydrogen) atoms. The average molecular weight is 300 g/mol. The van der Waals surface area contributed by atoms with E-state index in [1.807, 2.05) is 0 Å². The van der Waals surface area contributed by atoms with Gasteiger partial charge < -0.3 is 5.11 Å². The molecule has 120 valence electrons. The zero-order chi connectivity index (χ0) is 15.7. The van der Waals surface area contributed by atoms with Crippen molar-refractivity contribution >= 4 is 5.78 Å². The molecule has 0 heterocycles. The van der Waals surface area contributed by atoms with Gasteiger partial charge >= 0.3 is 0 Å². The van der Waals surface area contributed by atoms with Gasteiger partial charge in [-0.2, -0.15) is 0 Å². The number of fused-ring (bicyclic) bond motifs is 5. The molecule has 4 rings (SSSR count). The van der Waals surface area contributed by atoms with Gasteiger partial charge in [-0.1, -0.05) is 26.0 Å². The zero-order valence-corrected chi connectivity index (χ0v) is 13.9. The van der Waals surface area contributed by atoms with Crippen LogP contribution in [0.2, 0.25) is 0 Å². The molecule has 6 atom stereocenters. The molecule has 0 aromatic carbocycles. The van der Waals surface area contributed by atoms with E-state index in [2.05, 4.69) is 20.4 Å². The minimum atomic E-state index is -0.410. The highest BCUT2D eigenvalue weighted by atomic mass is 16.3. The van der Waals surface area contributed by atoms with E-state index in [0.717, 1.165) is 18.4 Å². The van der Waals surface area contributed by atoms with Gasteiger partial charge in [-0.3, -0.25) is 4.79 Å². The van der Waals surface area contributed by atoms with Gasteiger partial charge in [0.15, 0.2) is 5.78 Å². The number of allylic oxidation sites excluding steroid dienone is 1. The normalized spacial score (nSPS) is 51.0. The van der Waals surface area contributed by atoms with Gasteiger partial charge in [-0.15, -0.1) is 0 Å². The number of hydrogen-bond acceptors (Lipinski definition) is 2. The van der Waals surface area contributed by atoms with E-state index in [9.17, 15) is 9.90 Å². The Morgan fingerprint density at radius 1 is 1.14 bits per heavy atom. The molecule has 0 bridgehead atoms. The Hall–Kier alpha value is -0.890. The van der Waals surface area contributed by atoms with Crippen molar-refractivity contribution in [2.75, 3.05) is 0 Å². The highest BCUT2D eigenvalue weighted by molar-refractivity contribution is 5.91. The second-order valence-electron chi connectivity index (χ2n) is 8.71. The molecular formula is C20H28O2. The highest BCUT2D eigenvalue weighted by Gasteiger charge is 2.58. The Bertz CT molecular complexity index is 574. The van der Waals surface area contributed by atoms with Crippen LogP contribution < -0.4 is 0 Å². The minimum Gasteiger partial charge on any atom is -0.389 e. The summed E-state index contributed by atoms with van der Waals surface area (Å²) in [5.41, 5.74) is 2.82. The number of ketones is 1. The lowest BCUT2D eigenvalue weighted by atomic mass is 9.47. The summed E-state index contributed by atoms with van der Waals surface area (Å²) in [6.45, 7) is 9.08. The molecule has 0 saturated heterocycles. The van der Waals surface area contributed by atoms with Crippen LogP contribution >= 0.6 is 0 Å². The molecule has 0 aromatic heterocycles. The van der Waals surface area contributed by atoms with Crippen LogP contribution in [0.5, 0.6) is 0 Å². The van der Waals surface area contributed by atoms with Gasteiger partial charge in [-0.05, 0) is 78.8 Å². The fourth-order valence-corrected chi connectivity index (χ4v) is 6.51. The molecule has 2 heteroatoms. The zero-order valence-electron chi connectivity index (χ0n) is 13.9. The molecule has 2 nitrogen and oxygen atoms in total. The average Bonchev–Trinajstić information content (AvgIpc) is 2.77. The minimum absolute atomic E-state index is 0.0432. The first-order valence-corrected chi connectivity index (χ1v) is 8.97. The summed E-state index contributed by atoms with van der Waals surface area (Å²) < 4.78 is 0. The third-order valence-corrected chi connectivity index (χ3v) is 7.93. The van der Waals surface area contributed by atoms with Crippen molar-refractivity contribution < 1.29 is 9.90 Å². The number of carbonyl (C=O) groups is 1. The summed E-state index contributed by atoms with van der Waals surface area (Å²) in [6, 6.07) is 0. The second-order valence-corrected chi connectivity index (χ2v) is 8.71. The lowest BCUT2D eigenvalue weighted by molar-refractivity contribution is -0.118. The maximum atomic E-state index is 11.8. The first-order chi connectivity index (χ1) is 10.4. The number of rotatable bonds is 0. The predicted molar refractivity (Wildman–Crippen MR) is 87.2 cm³/mol. The van der Waals surface area contributed by atoms with Crippen molar-refractivity contribution in [2.24, 2.45) is 28.6 Å². The molecule has 0 aliphatic heterocycles. The molecule has 0 spiro atoms. The molecule has 3 saturated carbocycles. The van der Waals surface area contributed by atoms with E-state index >= 15 is 0 Å². The summed E-state index contributed by atoms with van der Waals surface area (Å²) in [5, 5.41) is 10.8. The van der Waals surface area contributed by atoms with Gasteiger partial charge in [0.1, 0.15) is 0 Å². The Kier molecular flexibility index (Phi) is 3.05. The molecular weight excluding hydrogens is 272 g/mol. The predicted octanol–water partition coefficient (Wildman–Crippen LogP) is 4.05. The maximum absolute atomic E-state index is 11.8. The van der Waals surface area contributed by atoms with Crippen molar-refractivity contribution in [3.8, 4) is 0 Å². The lowest BCUT2D eigenvalue weighted by Gasteiger charge is -2.58. The van der Waals surface area contributed by atoms with Crippen LogP contribution in [0.15, 0.2) is 23.8 Å². The quantitative estimate of drug-likeness (QED) is 0.685. The molecule has 0 amide bonds. The van der Waals surface area contributed by atoms with E-state index in [1.165, 1.54) is 31.3 Å². The van der Waals surface area contributed by atoms with E-state index in [1.54, 1.807) is 6.08 Å². The highest BCUT2D eigenvalue weighted by Crippen LogP contribution is 2.66. The topological polar surface area (TPSA) is 37.3 Å². The fourth-order valence-electron chi connectivity index (χ4n) is 6.51. The van der Waals surface area contributed by atoms with E-state index in [0.29, 0.717) is 29.6 Å². The summed E-state index contributed by atoms with van der Waals surface area (Å²) in [6.07, 6.45) is 8.70. The van der Waals surface area contributed by atoms with Gasteiger partial charge in [0, 0.05) is 6.42 Å². The van der Waals surface area contributed by atoms with Crippen LogP contribution in [0.1, 0.15) is 58.8 Å². The Morgan fingerprint density at radius 3 is 2.64 bits per heavy atom. The number of hydrogen-bond donors (Lipinski definition) is 1. The molecule has 4 aliphatic carbocycles. The first-order valence-electron chi connectivity index (χ1n) is 8.97. The van der Waals surface area contributed by atoms with Crippen LogP contribution in [0.4, 0.5) is 0 Å². The summed E-state index contributed by atoms with van der Waals surface area (Å²) in [4.78, 5) is 11.8. The number of carbonyl (C=O) groups excluding carboxylic acids is 1. The van der Waals surface area contributed by atoms with E-state index in [-0.39, 0.29) is 11.2 Å². The van der Waals surface area contributed by atoms with Crippen molar-refractivity contribution in [1.29, 1.82) is 0 Å². The lowest BCUT2D eigenvalue weighted by Crippen LogP contribution is -2.53. The second kappa shape index (κ2) is 4.56. The SMILES string of the molecule is C=C1CC[C@H]2[C@@H]3CC(O)C4=CC(=O)CC[C@]4(C)[C@@H]3CC[C@]12C. The summed E-state index contributed by atoms with van der Waals surface area (Å²) in [7, 11) is 0. The largest absolute Gasteiger partial charge is 0.389 e. The number of aliphatic hydroxyl groups is 1. The van der Waals surface area contributed by atoms with Crippen molar-refractivity contribution in [3.63, 3.8) is 0 Å². The van der Waals surface area contributed by atoms with Crippen molar-refractivity contribution in [1.82, 2.24) is 0 Å². The first kappa shape index (κ1) is 14.7.